The van der Waals surface area contributed by atoms with Crippen LogP contribution in [0.2, 0.25) is 0 Å². The monoisotopic (exact) mass is 447 g/mol. The van der Waals surface area contributed by atoms with Gasteiger partial charge in [-0.2, -0.15) is 0 Å². The number of fused-ring (bicyclic) bond motifs is 3. The van der Waals surface area contributed by atoms with Crippen LogP contribution in [0, 0.1) is 5.82 Å². The van der Waals surface area contributed by atoms with Gasteiger partial charge in [-0.3, -0.25) is 14.0 Å². The van der Waals surface area contributed by atoms with Crippen LogP contribution in [0.15, 0.2) is 53.6 Å². The molecule has 1 aliphatic carbocycles. The number of aromatic nitrogens is 5. The van der Waals surface area contributed by atoms with Crippen LogP contribution < -0.4 is 5.56 Å². The van der Waals surface area contributed by atoms with Gasteiger partial charge in [0, 0.05) is 23.7 Å². The van der Waals surface area contributed by atoms with Crippen molar-refractivity contribution in [1.29, 1.82) is 0 Å². The lowest BCUT2D eigenvalue weighted by molar-refractivity contribution is 0.482. The van der Waals surface area contributed by atoms with Crippen molar-refractivity contribution in [1.82, 2.24) is 24.5 Å². The highest BCUT2D eigenvalue weighted by Gasteiger charge is 2.29. The van der Waals surface area contributed by atoms with Gasteiger partial charge in [-0.05, 0) is 48.6 Å². The SMILES string of the molecule is O=c1c2c(nc(-c3ccc(F)cc3C3CC3)n1CCn1ccnn1)sc1c(O)cccc12. The summed E-state index contributed by atoms with van der Waals surface area (Å²) in [5.41, 5.74) is 1.47. The smallest absolute Gasteiger partial charge is 0.263 e. The van der Waals surface area contributed by atoms with E-state index in [2.05, 4.69) is 10.3 Å². The molecule has 0 atom stereocenters. The summed E-state index contributed by atoms with van der Waals surface area (Å²) in [7, 11) is 0. The van der Waals surface area contributed by atoms with Gasteiger partial charge in [-0.15, -0.1) is 16.4 Å². The predicted molar refractivity (Wildman–Crippen MR) is 120 cm³/mol. The molecule has 1 aliphatic rings. The number of thiophene rings is 1. The molecule has 3 aromatic heterocycles. The van der Waals surface area contributed by atoms with Crippen molar-refractivity contribution >= 4 is 31.6 Å². The van der Waals surface area contributed by atoms with Gasteiger partial charge in [0.1, 0.15) is 22.2 Å². The lowest BCUT2D eigenvalue weighted by Gasteiger charge is -2.15. The van der Waals surface area contributed by atoms with E-state index in [0.29, 0.717) is 39.2 Å². The molecule has 32 heavy (non-hydrogen) atoms. The summed E-state index contributed by atoms with van der Waals surface area (Å²) in [6.07, 6.45) is 5.32. The summed E-state index contributed by atoms with van der Waals surface area (Å²) >= 11 is 1.29. The van der Waals surface area contributed by atoms with Crippen LogP contribution in [0.5, 0.6) is 5.75 Å². The summed E-state index contributed by atoms with van der Waals surface area (Å²) < 4.78 is 18.0. The summed E-state index contributed by atoms with van der Waals surface area (Å²) in [4.78, 5) is 19.2. The topological polar surface area (TPSA) is 85.8 Å². The molecule has 9 heteroatoms. The first kappa shape index (κ1) is 19.1. The summed E-state index contributed by atoms with van der Waals surface area (Å²) in [6, 6.07) is 9.84. The van der Waals surface area contributed by atoms with E-state index in [1.54, 1.807) is 45.9 Å². The van der Waals surface area contributed by atoms with Crippen LogP contribution in [0.3, 0.4) is 0 Å². The van der Waals surface area contributed by atoms with Crippen molar-refractivity contribution in [2.45, 2.75) is 31.8 Å². The van der Waals surface area contributed by atoms with Crippen molar-refractivity contribution in [3.8, 4) is 17.1 Å². The molecule has 0 amide bonds. The number of phenolic OH excluding ortho intramolecular Hbond substituents is 1. The fourth-order valence-corrected chi connectivity index (χ4v) is 5.28. The highest BCUT2D eigenvalue weighted by Crippen LogP contribution is 2.45. The molecule has 7 nitrogen and oxygen atoms in total. The Balaban J connectivity index is 1.63. The van der Waals surface area contributed by atoms with Gasteiger partial charge >= 0.3 is 0 Å². The van der Waals surface area contributed by atoms with Crippen LogP contribution in [-0.2, 0) is 13.1 Å². The fraction of sp³-hybridized carbons (Fsp3) is 0.217. The molecule has 6 rings (SSSR count). The molecule has 0 bridgehead atoms. The Hall–Kier alpha value is -3.59. The highest BCUT2D eigenvalue weighted by atomic mass is 32.1. The Morgan fingerprint density at radius 2 is 2.06 bits per heavy atom. The molecule has 0 unspecified atom stereocenters. The maximum absolute atomic E-state index is 14.1. The van der Waals surface area contributed by atoms with Crippen LogP contribution >= 0.6 is 11.3 Å². The van der Waals surface area contributed by atoms with Crippen molar-refractivity contribution in [2.24, 2.45) is 0 Å². The lowest BCUT2D eigenvalue weighted by atomic mass is 10.0. The molecule has 0 radical (unpaired) electrons. The van der Waals surface area contributed by atoms with E-state index in [1.165, 1.54) is 17.4 Å². The average molecular weight is 447 g/mol. The van der Waals surface area contributed by atoms with Gasteiger partial charge in [0.15, 0.2) is 0 Å². The third-order valence-electron chi connectivity index (χ3n) is 5.89. The molecule has 3 heterocycles. The van der Waals surface area contributed by atoms with Crippen molar-refractivity contribution < 1.29 is 9.50 Å². The fourth-order valence-electron chi connectivity index (χ4n) is 4.20. The minimum absolute atomic E-state index is 0.126. The van der Waals surface area contributed by atoms with Gasteiger partial charge in [-0.1, -0.05) is 17.3 Å². The van der Waals surface area contributed by atoms with Crippen LogP contribution in [-0.4, -0.2) is 29.7 Å². The van der Waals surface area contributed by atoms with E-state index >= 15 is 0 Å². The molecule has 0 aliphatic heterocycles. The maximum atomic E-state index is 14.1. The minimum atomic E-state index is -0.292. The zero-order valence-corrected chi connectivity index (χ0v) is 17.7. The first-order valence-electron chi connectivity index (χ1n) is 10.4. The van der Waals surface area contributed by atoms with E-state index in [4.69, 9.17) is 4.98 Å². The van der Waals surface area contributed by atoms with Crippen LogP contribution in [0.25, 0.3) is 31.7 Å². The van der Waals surface area contributed by atoms with Crippen molar-refractivity contribution in [3.05, 3.63) is 70.5 Å². The quantitative estimate of drug-likeness (QED) is 0.434. The number of halogens is 1. The molecule has 5 aromatic rings. The normalized spacial score (nSPS) is 13.9. The first-order chi connectivity index (χ1) is 15.6. The van der Waals surface area contributed by atoms with E-state index in [-0.39, 0.29) is 23.0 Å². The Bertz CT molecular complexity index is 1540. The Morgan fingerprint density at radius 1 is 1.19 bits per heavy atom. The van der Waals surface area contributed by atoms with Gasteiger partial charge < -0.3 is 5.11 Å². The Morgan fingerprint density at radius 3 is 2.84 bits per heavy atom. The van der Waals surface area contributed by atoms with E-state index in [9.17, 15) is 14.3 Å². The standard InChI is InChI=1S/C23H18FN5O2S/c24-14-6-7-15(17(12-14)13-4-5-13)21-26-22-19(16-2-1-3-18(30)20(16)32-22)23(31)29(21)11-10-28-9-8-25-27-28/h1-3,6-9,12-13,30H,4-5,10-11H2. The van der Waals surface area contributed by atoms with E-state index < -0.39 is 0 Å². The number of rotatable bonds is 5. The molecule has 0 spiro atoms. The molecule has 1 fully saturated rings. The number of aryl methyl sites for hydroxylation is 1. The molecule has 1 saturated carbocycles. The zero-order chi connectivity index (χ0) is 21.8. The molecular formula is C23H18FN5O2S. The number of hydrogen-bond donors (Lipinski definition) is 1. The molecular weight excluding hydrogens is 429 g/mol. The third-order valence-corrected chi connectivity index (χ3v) is 7.02. The Kier molecular flexibility index (Phi) is 4.32. The number of hydrogen-bond acceptors (Lipinski definition) is 6. The van der Waals surface area contributed by atoms with Crippen molar-refractivity contribution in [3.63, 3.8) is 0 Å². The second-order valence-corrected chi connectivity index (χ2v) is 9.00. The summed E-state index contributed by atoms with van der Waals surface area (Å²) in [5.74, 6) is 0.625. The predicted octanol–water partition coefficient (Wildman–Crippen LogP) is 4.29. The second kappa shape index (κ2) is 7.23. The number of benzene rings is 2. The summed E-state index contributed by atoms with van der Waals surface area (Å²) in [6.45, 7) is 0.769. The first-order valence-corrected chi connectivity index (χ1v) is 11.2. The van der Waals surface area contributed by atoms with Gasteiger partial charge in [0.25, 0.3) is 5.56 Å². The van der Waals surface area contributed by atoms with Crippen LogP contribution in [0.4, 0.5) is 4.39 Å². The maximum Gasteiger partial charge on any atom is 0.263 e. The number of phenols is 1. The average Bonchev–Trinajstić information content (AvgIpc) is 3.36. The number of nitrogens with zero attached hydrogens (tertiary/aromatic N) is 5. The Labute approximate surface area is 185 Å². The van der Waals surface area contributed by atoms with Crippen LogP contribution in [0.1, 0.15) is 24.3 Å². The van der Waals surface area contributed by atoms with Crippen molar-refractivity contribution in [2.75, 3.05) is 0 Å². The lowest BCUT2D eigenvalue weighted by Crippen LogP contribution is -2.25. The third kappa shape index (κ3) is 3.08. The largest absolute Gasteiger partial charge is 0.506 e. The van der Waals surface area contributed by atoms with Gasteiger partial charge in [-0.25, -0.2) is 9.37 Å². The zero-order valence-electron chi connectivity index (χ0n) is 16.9. The highest BCUT2D eigenvalue weighted by molar-refractivity contribution is 7.25. The number of aromatic hydroxyl groups is 1. The van der Waals surface area contributed by atoms with Gasteiger partial charge in [0.05, 0.1) is 22.8 Å². The van der Waals surface area contributed by atoms with Gasteiger partial charge in [0.2, 0.25) is 0 Å². The van der Waals surface area contributed by atoms with E-state index in [1.807, 2.05) is 6.07 Å². The minimum Gasteiger partial charge on any atom is -0.506 e. The summed E-state index contributed by atoms with van der Waals surface area (Å²) in [5, 5.41) is 19.3. The molecule has 0 saturated heterocycles. The molecule has 1 N–H and O–H groups in total. The molecule has 2 aromatic carbocycles. The van der Waals surface area contributed by atoms with E-state index in [0.717, 1.165) is 24.0 Å². The second-order valence-electron chi connectivity index (χ2n) is 8.00. The molecule has 160 valence electrons.